The topological polar surface area (TPSA) is 78.5 Å². The van der Waals surface area contributed by atoms with Gasteiger partial charge in [0.15, 0.2) is 9.84 Å². The Bertz CT molecular complexity index is 423. The van der Waals surface area contributed by atoms with Gasteiger partial charge in [-0.3, -0.25) is 4.79 Å². The Balaban J connectivity index is 2.11. The predicted molar refractivity (Wildman–Crippen MR) is 85.1 cm³/mol. The number of hydrogen-bond donors (Lipinski definition) is 2. The molecule has 0 bridgehead atoms. The molecule has 0 aliphatic carbocycles. The van der Waals surface area contributed by atoms with E-state index in [1.807, 2.05) is 0 Å². The van der Waals surface area contributed by atoms with Crippen LogP contribution >= 0.6 is 0 Å². The van der Waals surface area contributed by atoms with Crippen LogP contribution in [0.15, 0.2) is 0 Å². The first-order valence-corrected chi connectivity index (χ1v) is 9.53. The Morgan fingerprint density at radius 2 is 2.10 bits per heavy atom. The zero-order valence-corrected chi connectivity index (χ0v) is 14.2. The van der Waals surface area contributed by atoms with Crippen molar-refractivity contribution in [1.29, 1.82) is 0 Å². The highest BCUT2D eigenvalue weighted by Crippen LogP contribution is 2.05. The first-order valence-electron chi connectivity index (χ1n) is 7.71. The Kier molecular flexibility index (Phi) is 7.62. The van der Waals surface area contributed by atoms with Gasteiger partial charge in [-0.15, -0.1) is 0 Å². The molecule has 1 unspecified atom stereocenters. The van der Waals surface area contributed by atoms with E-state index in [1.165, 1.54) is 0 Å². The van der Waals surface area contributed by atoms with E-state index in [0.717, 1.165) is 19.4 Å². The van der Waals surface area contributed by atoms with E-state index in [9.17, 15) is 13.2 Å². The molecule has 0 aromatic carbocycles. The van der Waals surface area contributed by atoms with Gasteiger partial charge in [-0.05, 0) is 40.3 Å². The summed E-state index contributed by atoms with van der Waals surface area (Å²) in [6.45, 7) is 6.45. The summed E-state index contributed by atoms with van der Waals surface area (Å²) in [7, 11) is -0.877. The molecule has 1 rings (SSSR count). The van der Waals surface area contributed by atoms with Crippen LogP contribution in [0.5, 0.6) is 0 Å². The van der Waals surface area contributed by atoms with Crippen molar-refractivity contribution >= 4 is 15.7 Å². The molecule has 1 aliphatic heterocycles. The SMILES string of the molecule is CC(C)N(C)CCCCNC(=O)CC1CS(=O)(=O)CCN1. The van der Waals surface area contributed by atoms with E-state index < -0.39 is 9.84 Å². The van der Waals surface area contributed by atoms with Gasteiger partial charge in [-0.1, -0.05) is 0 Å². The predicted octanol–water partition coefficient (Wildman–Crippen LogP) is -0.000300. The average molecular weight is 319 g/mol. The van der Waals surface area contributed by atoms with E-state index in [4.69, 9.17) is 0 Å². The van der Waals surface area contributed by atoms with Crippen molar-refractivity contribution in [3.05, 3.63) is 0 Å². The van der Waals surface area contributed by atoms with Crippen LogP contribution in [0.2, 0.25) is 0 Å². The maximum absolute atomic E-state index is 11.8. The van der Waals surface area contributed by atoms with Crippen LogP contribution in [0.3, 0.4) is 0 Å². The number of sulfone groups is 1. The Morgan fingerprint density at radius 1 is 1.38 bits per heavy atom. The molecular formula is C14H29N3O3S. The second-order valence-corrected chi connectivity index (χ2v) is 8.33. The fourth-order valence-electron chi connectivity index (χ4n) is 2.27. The Morgan fingerprint density at radius 3 is 2.71 bits per heavy atom. The van der Waals surface area contributed by atoms with Crippen molar-refractivity contribution in [2.45, 2.75) is 45.2 Å². The highest BCUT2D eigenvalue weighted by Gasteiger charge is 2.25. The molecule has 6 nitrogen and oxygen atoms in total. The number of carbonyl (C=O) groups excluding carboxylic acids is 1. The summed E-state index contributed by atoms with van der Waals surface area (Å²) in [6, 6.07) is 0.301. The number of unbranched alkanes of at least 4 members (excludes halogenated alkanes) is 1. The minimum absolute atomic E-state index is 0.0678. The van der Waals surface area contributed by atoms with Gasteiger partial charge in [0.05, 0.1) is 11.5 Å². The van der Waals surface area contributed by atoms with Crippen LogP contribution in [-0.2, 0) is 14.6 Å². The van der Waals surface area contributed by atoms with Gasteiger partial charge in [0, 0.05) is 31.6 Å². The Labute approximate surface area is 128 Å². The van der Waals surface area contributed by atoms with Gasteiger partial charge in [0.2, 0.25) is 5.91 Å². The third kappa shape index (κ3) is 7.78. The molecular weight excluding hydrogens is 290 g/mol. The van der Waals surface area contributed by atoms with Crippen LogP contribution in [-0.4, -0.2) is 69.5 Å². The lowest BCUT2D eigenvalue weighted by molar-refractivity contribution is -0.121. The highest BCUT2D eigenvalue weighted by molar-refractivity contribution is 7.91. The number of carbonyl (C=O) groups is 1. The molecule has 0 radical (unpaired) electrons. The summed E-state index contributed by atoms with van der Waals surface area (Å²) in [5, 5.41) is 5.96. The molecule has 1 saturated heterocycles. The number of amides is 1. The molecule has 1 heterocycles. The number of nitrogens with one attached hydrogen (secondary N) is 2. The molecule has 7 heteroatoms. The van der Waals surface area contributed by atoms with Crippen molar-refractivity contribution in [3.63, 3.8) is 0 Å². The summed E-state index contributed by atoms with van der Waals surface area (Å²) in [5.41, 5.74) is 0. The van der Waals surface area contributed by atoms with E-state index in [-0.39, 0.29) is 29.9 Å². The van der Waals surface area contributed by atoms with Crippen molar-refractivity contribution in [2.75, 3.05) is 38.2 Å². The quantitative estimate of drug-likeness (QED) is 0.616. The molecule has 21 heavy (non-hydrogen) atoms. The zero-order chi connectivity index (χ0) is 15.9. The van der Waals surface area contributed by atoms with Gasteiger partial charge in [0.25, 0.3) is 0 Å². The van der Waals surface area contributed by atoms with E-state index in [1.54, 1.807) is 0 Å². The van der Waals surface area contributed by atoms with E-state index in [0.29, 0.717) is 19.1 Å². The maximum Gasteiger partial charge on any atom is 0.221 e. The minimum atomic E-state index is -2.97. The van der Waals surface area contributed by atoms with Crippen LogP contribution in [0.25, 0.3) is 0 Å². The fourth-order valence-corrected chi connectivity index (χ4v) is 3.71. The lowest BCUT2D eigenvalue weighted by Gasteiger charge is -2.23. The maximum atomic E-state index is 11.8. The van der Waals surface area contributed by atoms with Crippen LogP contribution < -0.4 is 10.6 Å². The van der Waals surface area contributed by atoms with Gasteiger partial charge >= 0.3 is 0 Å². The smallest absolute Gasteiger partial charge is 0.221 e. The summed E-state index contributed by atoms with van der Waals surface area (Å²) in [4.78, 5) is 14.0. The van der Waals surface area contributed by atoms with Crippen molar-refractivity contribution in [3.8, 4) is 0 Å². The van der Waals surface area contributed by atoms with Crippen molar-refractivity contribution < 1.29 is 13.2 Å². The van der Waals surface area contributed by atoms with Gasteiger partial charge in [0.1, 0.15) is 0 Å². The summed E-state index contributed by atoms with van der Waals surface area (Å²) >= 11 is 0. The fraction of sp³-hybridized carbons (Fsp3) is 0.929. The van der Waals surface area contributed by atoms with Gasteiger partial charge in [-0.25, -0.2) is 8.42 Å². The third-order valence-electron chi connectivity index (χ3n) is 3.87. The summed E-state index contributed by atoms with van der Waals surface area (Å²) in [6.07, 6.45) is 2.23. The molecule has 0 spiro atoms. The largest absolute Gasteiger partial charge is 0.356 e. The van der Waals surface area contributed by atoms with Crippen LogP contribution in [0.1, 0.15) is 33.1 Å². The molecule has 1 fully saturated rings. The monoisotopic (exact) mass is 319 g/mol. The number of nitrogens with zero attached hydrogens (tertiary/aromatic N) is 1. The number of hydrogen-bond acceptors (Lipinski definition) is 5. The number of rotatable bonds is 8. The van der Waals surface area contributed by atoms with Crippen molar-refractivity contribution in [1.82, 2.24) is 15.5 Å². The normalized spacial score (nSPS) is 21.7. The minimum Gasteiger partial charge on any atom is -0.356 e. The molecule has 1 atom stereocenters. The second-order valence-electron chi connectivity index (χ2n) is 6.10. The summed E-state index contributed by atoms with van der Waals surface area (Å²) < 4.78 is 23.0. The molecule has 124 valence electrons. The molecule has 1 aliphatic rings. The van der Waals surface area contributed by atoms with E-state index in [2.05, 4.69) is 36.4 Å². The highest BCUT2D eigenvalue weighted by atomic mass is 32.2. The Hall–Kier alpha value is -0.660. The van der Waals surface area contributed by atoms with Crippen LogP contribution in [0.4, 0.5) is 0 Å². The van der Waals surface area contributed by atoms with Gasteiger partial charge in [-0.2, -0.15) is 0 Å². The van der Waals surface area contributed by atoms with E-state index >= 15 is 0 Å². The summed E-state index contributed by atoms with van der Waals surface area (Å²) in [5.74, 6) is 0.176. The zero-order valence-electron chi connectivity index (χ0n) is 13.4. The first-order chi connectivity index (χ1) is 9.80. The standard InChI is InChI=1S/C14H29N3O3S/c1-12(2)17(3)8-5-4-6-16-14(18)10-13-11-21(19,20)9-7-15-13/h12-13,15H,4-11H2,1-3H3,(H,16,18). The van der Waals surface area contributed by atoms with Crippen LogP contribution in [0, 0.1) is 0 Å². The molecule has 0 aromatic rings. The lowest BCUT2D eigenvalue weighted by Crippen LogP contribution is -2.47. The molecule has 2 N–H and O–H groups in total. The first kappa shape index (κ1) is 18.4. The lowest BCUT2D eigenvalue weighted by atomic mass is 10.2. The molecule has 1 amide bonds. The van der Waals surface area contributed by atoms with Gasteiger partial charge < -0.3 is 15.5 Å². The van der Waals surface area contributed by atoms with Crippen molar-refractivity contribution in [2.24, 2.45) is 0 Å². The molecule has 0 aromatic heterocycles. The average Bonchev–Trinajstić information content (AvgIpc) is 2.36. The third-order valence-corrected chi connectivity index (χ3v) is 5.61. The second kappa shape index (κ2) is 8.70. The molecule has 0 saturated carbocycles.